The summed E-state index contributed by atoms with van der Waals surface area (Å²) in [6, 6.07) is 7.97. The topological polar surface area (TPSA) is 41.6 Å². The molecule has 20 heavy (non-hydrogen) atoms. The third kappa shape index (κ3) is 3.18. The number of nitrogens with one attached hydrogen (secondary N) is 1. The lowest BCUT2D eigenvalue weighted by Crippen LogP contribution is -1.77. The monoisotopic (exact) mass is 299 g/mol. The molecule has 0 unspecified atom stereocenters. The molecule has 3 aromatic rings. The van der Waals surface area contributed by atoms with Gasteiger partial charge in [0.05, 0.1) is 16.5 Å². The summed E-state index contributed by atoms with van der Waals surface area (Å²) in [5.74, 6) is 1.99. The molecule has 3 nitrogen and oxygen atoms in total. The van der Waals surface area contributed by atoms with Gasteiger partial charge in [-0.15, -0.1) is 23.1 Å². The van der Waals surface area contributed by atoms with Gasteiger partial charge >= 0.3 is 0 Å². The zero-order valence-corrected chi connectivity index (χ0v) is 12.3. The summed E-state index contributed by atoms with van der Waals surface area (Å²) in [5.41, 5.74) is 4.75. The van der Waals surface area contributed by atoms with Crippen molar-refractivity contribution < 1.29 is 0 Å². The van der Waals surface area contributed by atoms with Crippen LogP contribution >= 0.6 is 23.1 Å². The van der Waals surface area contributed by atoms with Gasteiger partial charge in [-0.25, -0.2) is 9.97 Å². The molecule has 1 aromatic carbocycles. The third-order valence-electron chi connectivity index (χ3n) is 2.68. The number of thioether (sulfide) groups is 1. The van der Waals surface area contributed by atoms with Gasteiger partial charge in [-0.05, 0) is 17.5 Å². The van der Waals surface area contributed by atoms with Crippen molar-refractivity contribution in [2.45, 2.75) is 0 Å². The average molecular weight is 299 g/mol. The van der Waals surface area contributed by atoms with E-state index in [4.69, 9.17) is 0 Å². The normalized spacial score (nSPS) is 13.2. The molecular formula is C15H13N3S2. The van der Waals surface area contributed by atoms with Crippen LogP contribution in [-0.2, 0) is 0 Å². The van der Waals surface area contributed by atoms with Crippen molar-refractivity contribution in [3.05, 3.63) is 58.8 Å². The van der Waals surface area contributed by atoms with Crippen molar-refractivity contribution in [3.8, 4) is 11.5 Å². The lowest BCUT2D eigenvalue weighted by atomic mass is 10.3. The number of hydrogen-bond acceptors (Lipinski definition) is 4. The third-order valence-corrected chi connectivity index (χ3v) is 4.00. The van der Waals surface area contributed by atoms with Crippen molar-refractivity contribution in [3.63, 3.8) is 0 Å². The Labute approximate surface area is 125 Å². The number of thiazole rings is 1. The van der Waals surface area contributed by atoms with Gasteiger partial charge in [0.1, 0.15) is 5.69 Å². The molecule has 1 aliphatic heterocycles. The number of rotatable bonds is 1. The molecule has 0 amide bonds. The van der Waals surface area contributed by atoms with Crippen molar-refractivity contribution in [2.24, 2.45) is 0 Å². The molecule has 5 heteroatoms. The summed E-state index contributed by atoms with van der Waals surface area (Å²) in [5, 5.41) is 4.08. The molecule has 1 N–H and O–H groups in total. The molecule has 100 valence electrons. The Morgan fingerprint density at radius 1 is 1.15 bits per heavy atom. The predicted molar refractivity (Wildman–Crippen MR) is 87.9 cm³/mol. The standard InChI is InChI=1S/C10H7N3S.C5H6S/c1-2-4-8-7(3-1)12-10(13-8)9-5-14-6-11-9;1-2-4-6-5-3-1/h1-6H,(H,12,13);1-4H,5H2. The van der Waals surface area contributed by atoms with E-state index in [1.807, 2.05) is 53.0 Å². The molecular weight excluding hydrogens is 286 g/mol. The minimum Gasteiger partial charge on any atom is -0.337 e. The van der Waals surface area contributed by atoms with E-state index < -0.39 is 0 Å². The number of H-pyrrole nitrogens is 1. The number of benzene rings is 1. The molecule has 0 fully saturated rings. The van der Waals surface area contributed by atoms with E-state index in [2.05, 4.69) is 32.5 Å². The lowest BCUT2D eigenvalue weighted by molar-refractivity contribution is 1.27. The Morgan fingerprint density at radius 3 is 2.70 bits per heavy atom. The molecule has 0 spiro atoms. The highest BCUT2D eigenvalue weighted by molar-refractivity contribution is 8.02. The summed E-state index contributed by atoms with van der Waals surface area (Å²) < 4.78 is 0. The van der Waals surface area contributed by atoms with Gasteiger partial charge in [0.25, 0.3) is 0 Å². The van der Waals surface area contributed by atoms with E-state index in [0.717, 1.165) is 28.3 Å². The molecule has 0 aliphatic carbocycles. The Balaban J connectivity index is 0.000000170. The molecule has 0 atom stereocenters. The van der Waals surface area contributed by atoms with Gasteiger partial charge in [-0.3, -0.25) is 0 Å². The van der Waals surface area contributed by atoms with Crippen LogP contribution in [0.3, 0.4) is 0 Å². The lowest BCUT2D eigenvalue weighted by Gasteiger charge is -1.88. The number of para-hydroxylation sites is 2. The minimum atomic E-state index is 0.840. The van der Waals surface area contributed by atoms with E-state index in [1.54, 1.807) is 11.3 Å². The van der Waals surface area contributed by atoms with Crippen LogP contribution in [0.25, 0.3) is 22.6 Å². The number of aromatic amines is 1. The van der Waals surface area contributed by atoms with E-state index >= 15 is 0 Å². The SMILES string of the molecule is C1=CCSC=C1.c1ccc2[nH]c(-c3cscn3)nc2c1. The van der Waals surface area contributed by atoms with Crippen LogP contribution in [0.15, 0.2) is 58.8 Å². The number of nitrogens with zero attached hydrogens (tertiary/aromatic N) is 2. The van der Waals surface area contributed by atoms with Crippen LogP contribution in [0, 0.1) is 0 Å². The molecule has 0 saturated carbocycles. The fourth-order valence-corrected chi connectivity index (χ4v) is 2.82. The summed E-state index contributed by atoms with van der Waals surface area (Å²) in [7, 11) is 0. The highest BCUT2D eigenvalue weighted by atomic mass is 32.2. The van der Waals surface area contributed by atoms with Crippen LogP contribution in [0.4, 0.5) is 0 Å². The van der Waals surface area contributed by atoms with E-state index in [1.165, 1.54) is 0 Å². The maximum absolute atomic E-state index is 4.44. The average Bonchev–Trinajstić information content (AvgIpc) is 3.18. The summed E-state index contributed by atoms with van der Waals surface area (Å²) >= 11 is 3.40. The number of hydrogen-bond donors (Lipinski definition) is 1. The molecule has 0 saturated heterocycles. The molecule has 0 bridgehead atoms. The molecule has 4 rings (SSSR count). The van der Waals surface area contributed by atoms with Crippen molar-refractivity contribution >= 4 is 34.1 Å². The van der Waals surface area contributed by atoms with Gasteiger partial charge in [0, 0.05) is 11.1 Å². The summed E-state index contributed by atoms with van der Waals surface area (Å²) in [4.78, 5) is 11.9. The van der Waals surface area contributed by atoms with Gasteiger partial charge in [0.2, 0.25) is 0 Å². The van der Waals surface area contributed by atoms with Crippen molar-refractivity contribution in [2.75, 3.05) is 5.75 Å². The van der Waals surface area contributed by atoms with E-state index in [9.17, 15) is 0 Å². The van der Waals surface area contributed by atoms with Crippen LogP contribution < -0.4 is 0 Å². The molecule has 1 aliphatic rings. The number of allylic oxidation sites excluding steroid dienone is 2. The number of fused-ring (bicyclic) bond motifs is 1. The Kier molecular flexibility index (Phi) is 4.30. The van der Waals surface area contributed by atoms with Crippen LogP contribution in [-0.4, -0.2) is 20.7 Å². The maximum Gasteiger partial charge on any atom is 0.158 e. The largest absolute Gasteiger partial charge is 0.337 e. The van der Waals surface area contributed by atoms with Crippen molar-refractivity contribution in [1.29, 1.82) is 0 Å². The second kappa shape index (κ2) is 6.54. The first-order chi connectivity index (χ1) is 9.93. The Morgan fingerprint density at radius 2 is 2.10 bits per heavy atom. The van der Waals surface area contributed by atoms with E-state index in [0.29, 0.717) is 0 Å². The summed E-state index contributed by atoms with van der Waals surface area (Å²) in [6.45, 7) is 0. The van der Waals surface area contributed by atoms with E-state index in [-0.39, 0.29) is 0 Å². The minimum absolute atomic E-state index is 0.840. The highest BCUT2D eigenvalue weighted by Gasteiger charge is 2.05. The highest BCUT2D eigenvalue weighted by Crippen LogP contribution is 2.19. The predicted octanol–water partition coefficient (Wildman–Crippen LogP) is 4.49. The molecule has 2 aromatic heterocycles. The Bertz CT molecular complexity index is 682. The zero-order valence-electron chi connectivity index (χ0n) is 10.7. The summed E-state index contributed by atoms with van der Waals surface area (Å²) in [6.07, 6.45) is 6.26. The second-order valence-electron chi connectivity index (χ2n) is 4.07. The number of aromatic nitrogens is 3. The first-order valence-electron chi connectivity index (χ1n) is 6.20. The number of imidazole rings is 1. The smallest absolute Gasteiger partial charge is 0.158 e. The van der Waals surface area contributed by atoms with Crippen LogP contribution in [0.5, 0.6) is 0 Å². The van der Waals surface area contributed by atoms with Crippen LogP contribution in [0.2, 0.25) is 0 Å². The van der Waals surface area contributed by atoms with Gasteiger partial charge in [0.15, 0.2) is 5.82 Å². The maximum atomic E-state index is 4.44. The zero-order chi connectivity index (χ0) is 13.6. The molecule has 0 radical (unpaired) electrons. The quantitative estimate of drug-likeness (QED) is 0.720. The van der Waals surface area contributed by atoms with Gasteiger partial charge in [-0.1, -0.05) is 30.4 Å². The molecule has 3 heterocycles. The fraction of sp³-hybridized carbons (Fsp3) is 0.0667. The van der Waals surface area contributed by atoms with Gasteiger partial charge in [-0.2, -0.15) is 0 Å². The van der Waals surface area contributed by atoms with Gasteiger partial charge < -0.3 is 4.98 Å². The Hall–Kier alpha value is -1.85. The second-order valence-corrected chi connectivity index (χ2v) is 5.72. The van der Waals surface area contributed by atoms with Crippen molar-refractivity contribution in [1.82, 2.24) is 15.0 Å². The van der Waals surface area contributed by atoms with Crippen LogP contribution in [0.1, 0.15) is 0 Å². The fourth-order valence-electron chi connectivity index (χ4n) is 1.75. The first kappa shape index (κ1) is 13.1. The first-order valence-corrected chi connectivity index (χ1v) is 8.19.